The fourth-order valence-corrected chi connectivity index (χ4v) is 4.21. The molecule has 0 aliphatic heterocycles. The summed E-state index contributed by atoms with van der Waals surface area (Å²) in [6.45, 7) is 4.00. The number of rotatable bonds is 8. The van der Waals surface area contributed by atoms with Crippen LogP contribution >= 0.6 is 11.6 Å². The van der Waals surface area contributed by atoms with Crippen LogP contribution in [0, 0.1) is 6.92 Å². The fraction of sp³-hybridized carbons (Fsp3) is 0.222. The van der Waals surface area contributed by atoms with E-state index in [0.717, 1.165) is 52.5 Å². The van der Waals surface area contributed by atoms with Crippen LogP contribution in [0.3, 0.4) is 0 Å². The summed E-state index contributed by atoms with van der Waals surface area (Å²) in [7, 11) is 0. The first-order valence-electron chi connectivity index (χ1n) is 11.6. The largest absolute Gasteiger partial charge is 0.369 e. The van der Waals surface area contributed by atoms with Crippen molar-refractivity contribution >= 4 is 45.8 Å². The van der Waals surface area contributed by atoms with Crippen LogP contribution in [0.1, 0.15) is 36.6 Å². The van der Waals surface area contributed by atoms with Crippen LogP contribution in [-0.2, 0) is 17.6 Å². The van der Waals surface area contributed by atoms with Crippen molar-refractivity contribution in [1.82, 2.24) is 9.78 Å². The minimum absolute atomic E-state index is 0.105. The fourth-order valence-electron chi connectivity index (χ4n) is 4.04. The molecule has 3 amide bonds. The number of anilines is 2. The lowest BCUT2D eigenvalue weighted by Gasteiger charge is -2.14. The van der Waals surface area contributed by atoms with Crippen molar-refractivity contribution in [3.05, 3.63) is 82.5 Å². The first-order chi connectivity index (χ1) is 16.9. The Bertz CT molecular complexity index is 1400. The molecule has 4 N–H and O–H groups in total. The molecule has 0 fully saturated rings. The van der Waals surface area contributed by atoms with Crippen molar-refractivity contribution in [3.8, 4) is 5.69 Å². The molecule has 0 unspecified atom stereocenters. The summed E-state index contributed by atoms with van der Waals surface area (Å²) in [5.74, 6) is 0.0989. The number of nitrogens with two attached hydrogens (primary N) is 1. The Balaban J connectivity index is 1.72. The summed E-state index contributed by atoms with van der Waals surface area (Å²) >= 11 is 6.35. The van der Waals surface area contributed by atoms with Crippen LogP contribution in [0.2, 0.25) is 5.02 Å². The lowest BCUT2D eigenvalue weighted by Crippen LogP contribution is -2.21. The molecule has 35 heavy (non-hydrogen) atoms. The molecule has 3 aromatic carbocycles. The molecule has 1 heterocycles. The van der Waals surface area contributed by atoms with E-state index in [4.69, 9.17) is 22.4 Å². The Morgan fingerprint density at radius 3 is 2.63 bits per heavy atom. The molecular formula is C27H28ClN5O2. The number of primary amides is 1. The number of amides is 3. The van der Waals surface area contributed by atoms with E-state index < -0.39 is 11.9 Å². The first-order valence-corrected chi connectivity index (χ1v) is 12.0. The van der Waals surface area contributed by atoms with Crippen molar-refractivity contribution in [2.24, 2.45) is 5.73 Å². The summed E-state index contributed by atoms with van der Waals surface area (Å²) in [6, 6.07) is 18.6. The number of aryl methyl sites for hydroxylation is 2. The summed E-state index contributed by atoms with van der Waals surface area (Å²) < 4.78 is 1.69. The third-order valence-corrected chi connectivity index (χ3v) is 6.27. The smallest absolute Gasteiger partial charge is 0.324 e. The second-order valence-electron chi connectivity index (χ2n) is 8.52. The predicted octanol–water partition coefficient (Wildman–Crippen LogP) is 6.00. The van der Waals surface area contributed by atoms with E-state index in [9.17, 15) is 9.59 Å². The molecule has 0 saturated carbocycles. The van der Waals surface area contributed by atoms with E-state index in [1.807, 2.05) is 61.5 Å². The molecule has 4 rings (SSSR count). The number of hydrogen-bond acceptors (Lipinski definition) is 3. The summed E-state index contributed by atoms with van der Waals surface area (Å²) in [4.78, 5) is 24.6. The first kappa shape index (κ1) is 24.3. The number of nitrogens with zero attached hydrogens (tertiary/aromatic N) is 2. The van der Waals surface area contributed by atoms with Gasteiger partial charge in [0, 0.05) is 6.07 Å². The van der Waals surface area contributed by atoms with Crippen molar-refractivity contribution in [2.45, 2.75) is 39.5 Å². The van der Waals surface area contributed by atoms with Gasteiger partial charge in [-0.15, -0.1) is 0 Å². The van der Waals surface area contributed by atoms with Crippen LogP contribution in [0.15, 0.2) is 60.7 Å². The Hall–Kier alpha value is -3.84. The summed E-state index contributed by atoms with van der Waals surface area (Å²) in [6.07, 6.45) is 2.89. The highest BCUT2D eigenvalue weighted by molar-refractivity contribution is 6.34. The molecule has 0 saturated heterocycles. The van der Waals surface area contributed by atoms with Crippen LogP contribution in [0.25, 0.3) is 16.5 Å². The molecule has 0 aliphatic rings. The van der Waals surface area contributed by atoms with Gasteiger partial charge in [0.1, 0.15) is 5.82 Å². The maximum Gasteiger partial charge on any atom is 0.324 e. The van der Waals surface area contributed by atoms with Crippen LogP contribution < -0.4 is 16.4 Å². The van der Waals surface area contributed by atoms with Gasteiger partial charge in [-0.2, -0.15) is 5.10 Å². The van der Waals surface area contributed by atoms with Gasteiger partial charge in [-0.3, -0.25) is 10.1 Å². The molecule has 0 radical (unpaired) electrons. The third kappa shape index (κ3) is 5.63. The van der Waals surface area contributed by atoms with Crippen molar-refractivity contribution in [1.29, 1.82) is 0 Å². The van der Waals surface area contributed by atoms with Crippen LogP contribution in [0.4, 0.5) is 16.3 Å². The van der Waals surface area contributed by atoms with E-state index >= 15 is 0 Å². The Morgan fingerprint density at radius 2 is 1.86 bits per heavy atom. The molecular weight excluding hydrogens is 462 g/mol. The number of aromatic nitrogens is 2. The molecule has 0 atom stereocenters. The number of carbonyl (C=O) groups is 2. The highest BCUT2D eigenvalue weighted by atomic mass is 35.5. The zero-order valence-corrected chi connectivity index (χ0v) is 20.5. The topological polar surface area (TPSA) is 102 Å². The Kier molecular flexibility index (Phi) is 7.36. The number of urea groups is 1. The van der Waals surface area contributed by atoms with Gasteiger partial charge in [-0.25, -0.2) is 9.48 Å². The Morgan fingerprint density at radius 1 is 1.06 bits per heavy atom. The highest BCUT2D eigenvalue weighted by Gasteiger charge is 2.16. The van der Waals surface area contributed by atoms with Gasteiger partial charge in [0.15, 0.2) is 0 Å². The van der Waals surface area contributed by atoms with Crippen molar-refractivity contribution in [3.63, 3.8) is 0 Å². The van der Waals surface area contributed by atoms with E-state index in [2.05, 4.69) is 17.6 Å². The van der Waals surface area contributed by atoms with Crippen LogP contribution in [0.5, 0.6) is 0 Å². The number of fused-ring (bicyclic) bond motifs is 1. The van der Waals surface area contributed by atoms with Gasteiger partial charge in [0.25, 0.3) is 0 Å². The average molecular weight is 490 g/mol. The van der Waals surface area contributed by atoms with E-state index in [1.54, 1.807) is 10.7 Å². The molecule has 4 aromatic rings. The average Bonchev–Trinajstić information content (AvgIpc) is 3.22. The van der Waals surface area contributed by atoms with Crippen LogP contribution in [-0.4, -0.2) is 21.7 Å². The highest BCUT2D eigenvalue weighted by Crippen LogP contribution is 2.28. The number of unbranched alkanes of at least 4 members (excludes halogenated alkanes) is 1. The molecule has 0 aliphatic carbocycles. The molecule has 1 aromatic heterocycles. The minimum Gasteiger partial charge on any atom is -0.369 e. The lowest BCUT2D eigenvalue weighted by molar-refractivity contribution is -0.117. The number of carbonyl (C=O) groups excluding carboxylic acids is 2. The number of benzene rings is 3. The third-order valence-electron chi connectivity index (χ3n) is 5.77. The molecule has 180 valence electrons. The second-order valence-corrected chi connectivity index (χ2v) is 8.90. The second kappa shape index (κ2) is 10.6. The summed E-state index contributed by atoms with van der Waals surface area (Å²) in [5.41, 5.74) is 9.31. The molecule has 8 heteroatoms. The van der Waals surface area contributed by atoms with Crippen molar-refractivity contribution in [2.75, 3.05) is 10.6 Å². The van der Waals surface area contributed by atoms with Gasteiger partial charge in [-0.05, 0) is 59.9 Å². The van der Waals surface area contributed by atoms with E-state index in [0.29, 0.717) is 16.5 Å². The lowest BCUT2D eigenvalue weighted by atomic mass is 10.0. The monoisotopic (exact) mass is 489 g/mol. The maximum absolute atomic E-state index is 12.9. The normalized spacial score (nSPS) is 10.9. The predicted molar refractivity (Wildman–Crippen MR) is 141 cm³/mol. The van der Waals surface area contributed by atoms with E-state index in [-0.39, 0.29) is 6.42 Å². The molecule has 7 nitrogen and oxygen atoms in total. The van der Waals surface area contributed by atoms with Crippen molar-refractivity contribution < 1.29 is 9.59 Å². The van der Waals surface area contributed by atoms with E-state index in [1.165, 1.54) is 0 Å². The maximum atomic E-state index is 12.9. The van der Waals surface area contributed by atoms with Gasteiger partial charge in [-0.1, -0.05) is 61.3 Å². The quantitative estimate of drug-likeness (QED) is 0.282. The van der Waals surface area contributed by atoms with Gasteiger partial charge in [0.05, 0.1) is 28.5 Å². The Labute approximate surface area is 209 Å². The SMILES string of the molecule is CCCCc1cc(NC(=O)Nc2cccc(C)c2Cl)n(-c2cc(CC(N)=O)c3ccccc3c2)n1. The molecule has 0 bridgehead atoms. The minimum atomic E-state index is -0.432. The number of halogens is 1. The zero-order chi connectivity index (χ0) is 24.9. The van der Waals surface area contributed by atoms with Gasteiger partial charge < -0.3 is 11.1 Å². The number of nitrogens with one attached hydrogen (secondary N) is 2. The molecule has 0 spiro atoms. The number of hydrogen-bond donors (Lipinski definition) is 3. The van der Waals surface area contributed by atoms with Gasteiger partial charge in [0.2, 0.25) is 5.91 Å². The summed E-state index contributed by atoms with van der Waals surface area (Å²) in [5, 5.41) is 12.9. The zero-order valence-electron chi connectivity index (χ0n) is 19.8. The standard InChI is InChI=1S/C27H28ClN5O2/c1-3-4-10-20-16-25(31-27(35)30-23-12-7-8-17(2)26(23)28)33(32-20)21-13-18-9-5-6-11-22(18)19(14-21)15-24(29)34/h5-9,11-14,16H,3-4,10,15H2,1-2H3,(H2,29,34)(H2,30,31,35). The van der Waals surface area contributed by atoms with Gasteiger partial charge >= 0.3 is 6.03 Å².